The smallest absolute Gasteiger partial charge is 0.272 e. The van der Waals surface area contributed by atoms with Crippen molar-refractivity contribution in [1.82, 2.24) is 20.8 Å². The number of carbonyl (C=O) groups excluding carboxylic acids is 2. The predicted molar refractivity (Wildman–Crippen MR) is 108 cm³/mol. The molecule has 0 aliphatic rings. The fraction of sp³-hybridized carbons (Fsp3) is 0. The fourth-order valence-electron chi connectivity index (χ4n) is 2.75. The molecule has 2 aromatic carbocycles. The molecular formula is C21H16N4O2S. The van der Waals surface area contributed by atoms with E-state index >= 15 is 0 Å². The minimum atomic E-state index is -0.431. The number of para-hydroxylation sites is 1. The maximum absolute atomic E-state index is 12.6. The number of hydrogen-bond donors (Lipinski definition) is 3. The predicted octanol–water partition coefficient (Wildman–Crippen LogP) is 3.79. The molecule has 0 aliphatic heterocycles. The quantitative estimate of drug-likeness (QED) is 0.464. The number of hydrazine groups is 1. The Hall–Kier alpha value is -3.58. The Labute approximate surface area is 165 Å². The van der Waals surface area contributed by atoms with Crippen LogP contribution >= 0.6 is 11.8 Å². The van der Waals surface area contributed by atoms with Crippen LogP contribution in [0.1, 0.15) is 20.7 Å². The standard InChI is InChI=1S/C21H16N4O2S/c26-19(16-10-6-12-22-21(16)28-14-7-2-1-3-8-14)24-25-20(27)17-13-23-18-11-5-4-9-15(17)18/h1-13,23H,(H,24,26)(H,25,27). The van der Waals surface area contributed by atoms with E-state index < -0.39 is 11.8 Å². The van der Waals surface area contributed by atoms with Crippen molar-refractivity contribution in [2.45, 2.75) is 9.92 Å². The van der Waals surface area contributed by atoms with Crippen LogP contribution in [0.4, 0.5) is 0 Å². The molecule has 0 atom stereocenters. The van der Waals surface area contributed by atoms with Crippen molar-refractivity contribution in [2.24, 2.45) is 0 Å². The van der Waals surface area contributed by atoms with Gasteiger partial charge in [-0.3, -0.25) is 20.4 Å². The average molecular weight is 388 g/mol. The van der Waals surface area contributed by atoms with Gasteiger partial charge in [-0.1, -0.05) is 48.2 Å². The van der Waals surface area contributed by atoms with E-state index in [-0.39, 0.29) is 0 Å². The summed E-state index contributed by atoms with van der Waals surface area (Å²) >= 11 is 1.39. The van der Waals surface area contributed by atoms with Crippen LogP contribution in [0.2, 0.25) is 0 Å². The summed E-state index contributed by atoms with van der Waals surface area (Å²) in [7, 11) is 0. The Morgan fingerprint density at radius 2 is 1.54 bits per heavy atom. The van der Waals surface area contributed by atoms with E-state index in [4.69, 9.17) is 0 Å². The number of rotatable bonds is 4. The van der Waals surface area contributed by atoms with E-state index in [1.54, 1.807) is 24.5 Å². The lowest BCUT2D eigenvalue weighted by atomic mass is 10.2. The van der Waals surface area contributed by atoms with Gasteiger partial charge in [-0.25, -0.2) is 4.98 Å². The number of amides is 2. The van der Waals surface area contributed by atoms with Crippen LogP contribution in [-0.4, -0.2) is 21.8 Å². The topological polar surface area (TPSA) is 86.9 Å². The molecule has 138 valence electrons. The SMILES string of the molecule is O=C(NNC(=O)c1c[nH]c2ccccc12)c1cccnc1Sc1ccccc1. The third-order valence-electron chi connectivity index (χ3n) is 4.10. The molecule has 0 radical (unpaired) electrons. The van der Waals surface area contributed by atoms with E-state index in [9.17, 15) is 9.59 Å². The molecule has 3 N–H and O–H groups in total. The average Bonchev–Trinajstić information content (AvgIpc) is 3.17. The van der Waals surface area contributed by atoms with Gasteiger partial charge in [-0.15, -0.1) is 0 Å². The molecule has 2 aromatic heterocycles. The molecule has 0 saturated heterocycles. The van der Waals surface area contributed by atoms with Crippen LogP contribution < -0.4 is 10.9 Å². The van der Waals surface area contributed by atoms with Crippen LogP contribution in [0.15, 0.2) is 89.0 Å². The molecule has 0 spiro atoms. The first-order valence-corrected chi connectivity index (χ1v) is 9.39. The molecule has 4 rings (SSSR count). The zero-order valence-electron chi connectivity index (χ0n) is 14.7. The van der Waals surface area contributed by atoms with Gasteiger partial charge in [0.25, 0.3) is 11.8 Å². The minimum absolute atomic E-state index is 0.385. The highest BCUT2D eigenvalue weighted by atomic mass is 32.2. The Morgan fingerprint density at radius 1 is 0.821 bits per heavy atom. The number of aromatic amines is 1. The van der Waals surface area contributed by atoms with Gasteiger partial charge in [-0.2, -0.15) is 0 Å². The molecule has 7 heteroatoms. The lowest BCUT2D eigenvalue weighted by Gasteiger charge is -2.10. The fourth-order valence-corrected chi connectivity index (χ4v) is 3.65. The van der Waals surface area contributed by atoms with Gasteiger partial charge in [0, 0.05) is 28.2 Å². The van der Waals surface area contributed by atoms with Crippen molar-refractivity contribution in [2.75, 3.05) is 0 Å². The molecule has 0 fully saturated rings. The van der Waals surface area contributed by atoms with Gasteiger partial charge >= 0.3 is 0 Å². The number of fused-ring (bicyclic) bond motifs is 1. The second kappa shape index (κ2) is 7.98. The van der Waals surface area contributed by atoms with Crippen molar-refractivity contribution >= 4 is 34.5 Å². The van der Waals surface area contributed by atoms with E-state index in [1.165, 1.54) is 11.8 Å². The zero-order valence-corrected chi connectivity index (χ0v) is 15.5. The van der Waals surface area contributed by atoms with E-state index in [0.29, 0.717) is 16.2 Å². The molecule has 0 saturated carbocycles. The molecule has 28 heavy (non-hydrogen) atoms. The van der Waals surface area contributed by atoms with Gasteiger partial charge in [0.15, 0.2) is 0 Å². The van der Waals surface area contributed by atoms with Crippen LogP contribution in [-0.2, 0) is 0 Å². The summed E-state index contributed by atoms with van der Waals surface area (Å²) in [6.45, 7) is 0. The van der Waals surface area contributed by atoms with Gasteiger partial charge in [0.2, 0.25) is 0 Å². The number of nitrogens with zero attached hydrogens (tertiary/aromatic N) is 1. The zero-order chi connectivity index (χ0) is 19.3. The number of benzene rings is 2. The van der Waals surface area contributed by atoms with Gasteiger partial charge in [0.1, 0.15) is 5.03 Å². The first-order valence-electron chi connectivity index (χ1n) is 8.57. The minimum Gasteiger partial charge on any atom is -0.360 e. The summed E-state index contributed by atoms with van der Waals surface area (Å²) in [5, 5.41) is 1.35. The van der Waals surface area contributed by atoms with Crippen molar-refractivity contribution in [3.8, 4) is 0 Å². The monoisotopic (exact) mass is 388 g/mol. The van der Waals surface area contributed by atoms with Crippen LogP contribution in [0, 0.1) is 0 Å². The van der Waals surface area contributed by atoms with Crippen LogP contribution in [0.5, 0.6) is 0 Å². The molecular weight excluding hydrogens is 372 g/mol. The first kappa shape index (κ1) is 17.8. The lowest BCUT2D eigenvalue weighted by Crippen LogP contribution is -2.41. The normalized spacial score (nSPS) is 10.6. The second-order valence-corrected chi connectivity index (χ2v) is 6.99. The first-order chi connectivity index (χ1) is 13.7. The van der Waals surface area contributed by atoms with Crippen molar-refractivity contribution in [1.29, 1.82) is 0 Å². The summed E-state index contributed by atoms with van der Waals surface area (Å²) in [6, 6.07) is 20.5. The number of nitrogens with one attached hydrogen (secondary N) is 3. The third kappa shape index (κ3) is 3.74. The Morgan fingerprint density at radius 3 is 2.36 bits per heavy atom. The highest BCUT2D eigenvalue weighted by molar-refractivity contribution is 7.99. The van der Waals surface area contributed by atoms with Crippen LogP contribution in [0.25, 0.3) is 10.9 Å². The summed E-state index contributed by atoms with van der Waals surface area (Å²) in [5.41, 5.74) is 6.64. The number of H-pyrrole nitrogens is 1. The van der Waals surface area contributed by atoms with Gasteiger partial charge in [0.05, 0.1) is 11.1 Å². The van der Waals surface area contributed by atoms with Crippen molar-refractivity contribution in [3.63, 3.8) is 0 Å². The number of pyridine rings is 1. The Bertz CT molecular complexity index is 1140. The molecule has 0 unspecified atom stereocenters. The van der Waals surface area contributed by atoms with Crippen molar-refractivity contribution < 1.29 is 9.59 Å². The van der Waals surface area contributed by atoms with Gasteiger partial charge in [-0.05, 0) is 30.3 Å². The number of aromatic nitrogens is 2. The molecule has 2 heterocycles. The summed E-state index contributed by atoms with van der Waals surface area (Å²) in [4.78, 5) is 33.4. The number of carbonyl (C=O) groups is 2. The molecule has 4 aromatic rings. The number of hydrogen-bond acceptors (Lipinski definition) is 4. The van der Waals surface area contributed by atoms with E-state index in [1.807, 2.05) is 54.6 Å². The Balaban J connectivity index is 1.48. The molecule has 2 amide bonds. The highest BCUT2D eigenvalue weighted by Crippen LogP contribution is 2.28. The maximum atomic E-state index is 12.6. The van der Waals surface area contributed by atoms with Gasteiger partial charge < -0.3 is 4.98 Å². The summed E-state index contributed by atoms with van der Waals surface area (Å²) in [6.07, 6.45) is 3.25. The molecule has 0 bridgehead atoms. The van der Waals surface area contributed by atoms with E-state index in [2.05, 4.69) is 20.8 Å². The van der Waals surface area contributed by atoms with E-state index in [0.717, 1.165) is 15.8 Å². The molecule has 0 aliphatic carbocycles. The Kier molecular flexibility index (Phi) is 5.07. The van der Waals surface area contributed by atoms with Crippen LogP contribution in [0.3, 0.4) is 0 Å². The third-order valence-corrected chi connectivity index (χ3v) is 5.12. The lowest BCUT2D eigenvalue weighted by molar-refractivity contribution is 0.0845. The molecule has 6 nitrogen and oxygen atoms in total. The maximum Gasteiger partial charge on any atom is 0.272 e. The second-order valence-electron chi connectivity index (χ2n) is 5.93. The summed E-state index contributed by atoms with van der Waals surface area (Å²) in [5.74, 6) is -0.827. The summed E-state index contributed by atoms with van der Waals surface area (Å²) < 4.78 is 0. The highest BCUT2D eigenvalue weighted by Gasteiger charge is 2.16. The van der Waals surface area contributed by atoms with Crippen molar-refractivity contribution in [3.05, 3.63) is 90.3 Å². The largest absolute Gasteiger partial charge is 0.360 e.